The van der Waals surface area contributed by atoms with E-state index in [-0.39, 0.29) is 0 Å². The number of aromatic hydroxyl groups is 1. The van der Waals surface area contributed by atoms with Gasteiger partial charge in [-0.05, 0) is 49.0 Å². The van der Waals surface area contributed by atoms with E-state index in [4.69, 9.17) is 0 Å². The van der Waals surface area contributed by atoms with Gasteiger partial charge in [-0.1, -0.05) is 90.9 Å². The van der Waals surface area contributed by atoms with Crippen LogP contribution in [-0.2, 0) is 0 Å². The van der Waals surface area contributed by atoms with Crippen LogP contribution >= 0.6 is 23.5 Å². The highest BCUT2D eigenvalue weighted by Gasteiger charge is 2.08. The molecule has 0 aliphatic heterocycles. The molecular weight excluding hydrogens is 380 g/mol. The highest BCUT2D eigenvalue weighted by molar-refractivity contribution is 8.00. The van der Waals surface area contributed by atoms with Gasteiger partial charge in [0.2, 0.25) is 0 Å². The molecule has 0 aromatic heterocycles. The van der Waals surface area contributed by atoms with Crippen LogP contribution in [-0.4, -0.2) is 16.6 Å². The van der Waals surface area contributed by atoms with Gasteiger partial charge in [-0.25, -0.2) is 0 Å². The third kappa shape index (κ3) is 12.3. The summed E-state index contributed by atoms with van der Waals surface area (Å²) >= 11 is 3.79. The normalized spacial score (nSPS) is 11.2. The Hall–Kier alpha value is -0.280. The monoisotopic (exact) mass is 424 g/mol. The molecule has 0 radical (unpaired) electrons. The van der Waals surface area contributed by atoms with E-state index in [0.29, 0.717) is 5.75 Å². The van der Waals surface area contributed by atoms with E-state index in [1.807, 2.05) is 30.4 Å². The fourth-order valence-corrected chi connectivity index (χ4v) is 5.60. The van der Waals surface area contributed by atoms with Crippen molar-refractivity contribution in [3.05, 3.63) is 17.7 Å². The number of unbranched alkanes of at least 4 members (excludes halogenated alkanes) is 12. The minimum atomic E-state index is 0.494. The molecule has 0 heterocycles. The molecule has 1 rings (SSSR count). The van der Waals surface area contributed by atoms with E-state index in [2.05, 4.69) is 26.0 Å². The smallest absolute Gasteiger partial charge is 0.132 e. The Morgan fingerprint density at radius 3 is 1.64 bits per heavy atom. The van der Waals surface area contributed by atoms with Gasteiger partial charge in [-0.3, -0.25) is 0 Å². The molecule has 0 aliphatic rings. The first-order valence-electron chi connectivity index (χ1n) is 11.8. The van der Waals surface area contributed by atoms with Gasteiger partial charge >= 0.3 is 0 Å². The SMILES string of the molecule is CCCCCCCCCSc1cc(C)c(O)c(SCCCCCCCCC)c1. The van der Waals surface area contributed by atoms with Crippen LogP contribution in [0.2, 0.25) is 0 Å². The van der Waals surface area contributed by atoms with Crippen LogP contribution in [0.25, 0.3) is 0 Å². The molecule has 1 N–H and O–H groups in total. The molecule has 0 saturated heterocycles. The van der Waals surface area contributed by atoms with Crippen molar-refractivity contribution in [2.75, 3.05) is 11.5 Å². The number of hydrogen-bond donors (Lipinski definition) is 1. The number of aryl methyl sites for hydroxylation is 1. The highest BCUT2D eigenvalue weighted by Crippen LogP contribution is 2.36. The number of benzene rings is 1. The number of thioether (sulfide) groups is 2. The largest absolute Gasteiger partial charge is 0.507 e. The van der Waals surface area contributed by atoms with E-state index in [1.54, 1.807) is 0 Å². The Kier molecular flexibility index (Phi) is 16.2. The summed E-state index contributed by atoms with van der Waals surface area (Å²) in [5.74, 6) is 2.81. The summed E-state index contributed by atoms with van der Waals surface area (Å²) in [7, 11) is 0. The maximum atomic E-state index is 10.4. The fraction of sp³-hybridized carbons (Fsp3) is 0.760. The first-order valence-corrected chi connectivity index (χ1v) is 13.7. The Morgan fingerprint density at radius 2 is 1.11 bits per heavy atom. The maximum absolute atomic E-state index is 10.4. The molecule has 0 aliphatic carbocycles. The third-order valence-corrected chi connectivity index (χ3v) is 7.44. The zero-order valence-electron chi connectivity index (χ0n) is 18.7. The third-order valence-electron chi connectivity index (χ3n) is 5.26. The van der Waals surface area contributed by atoms with Crippen LogP contribution in [0.15, 0.2) is 21.9 Å². The molecule has 1 aromatic rings. The van der Waals surface area contributed by atoms with Crippen LogP contribution in [0, 0.1) is 6.92 Å². The predicted octanol–water partition coefficient (Wildman–Crippen LogP) is 9.39. The zero-order chi connectivity index (χ0) is 20.5. The second-order valence-corrected chi connectivity index (χ2v) is 10.3. The van der Waals surface area contributed by atoms with E-state index in [0.717, 1.165) is 16.2 Å². The Morgan fingerprint density at radius 1 is 0.643 bits per heavy atom. The highest BCUT2D eigenvalue weighted by atomic mass is 32.2. The average molecular weight is 425 g/mol. The summed E-state index contributed by atoms with van der Waals surface area (Å²) in [6.07, 6.45) is 19.0. The van der Waals surface area contributed by atoms with Gasteiger partial charge in [-0.15, -0.1) is 23.5 Å². The summed E-state index contributed by atoms with van der Waals surface area (Å²) in [4.78, 5) is 2.40. The van der Waals surface area contributed by atoms with Crippen molar-refractivity contribution in [3.8, 4) is 5.75 Å². The van der Waals surface area contributed by atoms with Crippen molar-refractivity contribution >= 4 is 23.5 Å². The maximum Gasteiger partial charge on any atom is 0.132 e. The first kappa shape index (κ1) is 25.8. The number of hydrogen-bond acceptors (Lipinski definition) is 3. The topological polar surface area (TPSA) is 20.2 Å². The van der Waals surface area contributed by atoms with Gasteiger partial charge in [0.15, 0.2) is 0 Å². The van der Waals surface area contributed by atoms with E-state index >= 15 is 0 Å². The van der Waals surface area contributed by atoms with Gasteiger partial charge in [-0.2, -0.15) is 0 Å². The lowest BCUT2D eigenvalue weighted by atomic mass is 10.1. The Labute approximate surface area is 183 Å². The number of phenols is 1. The van der Waals surface area contributed by atoms with Gasteiger partial charge < -0.3 is 5.11 Å². The van der Waals surface area contributed by atoms with E-state index in [9.17, 15) is 5.11 Å². The van der Waals surface area contributed by atoms with Crippen molar-refractivity contribution in [2.24, 2.45) is 0 Å². The van der Waals surface area contributed by atoms with Crippen molar-refractivity contribution in [3.63, 3.8) is 0 Å². The minimum Gasteiger partial charge on any atom is -0.507 e. The summed E-state index contributed by atoms with van der Waals surface area (Å²) in [6.45, 7) is 6.58. The second-order valence-electron chi connectivity index (χ2n) is 8.03. The molecule has 28 heavy (non-hydrogen) atoms. The summed E-state index contributed by atoms with van der Waals surface area (Å²) in [5, 5.41) is 10.4. The fourth-order valence-electron chi connectivity index (χ4n) is 3.40. The lowest BCUT2D eigenvalue weighted by Gasteiger charge is -2.11. The quantitative estimate of drug-likeness (QED) is 0.187. The number of phenolic OH excluding ortho intramolecular Hbond substituents is 1. The van der Waals surface area contributed by atoms with Crippen molar-refractivity contribution < 1.29 is 5.11 Å². The molecule has 0 saturated carbocycles. The lowest BCUT2D eigenvalue weighted by molar-refractivity contribution is 0.457. The lowest BCUT2D eigenvalue weighted by Crippen LogP contribution is -1.88. The molecule has 0 fully saturated rings. The molecule has 0 spiro atoms. The van der Waals surface area contributed by atoms with Gasteiger partial charge in [0.25, 0.3) is 0 Å². The van der Waals surface area contributed by atoms with Gasteiger partial charge in [0, 0.05) is 4.90 Å². The van der Waals surface area contributed by atoms with Crippen molar-refractivity contribution in [1.82, 2.24) is 0 Å². The standard InChI is InChI=1S/C25H44OS2/c1-4-6-8-10-12-14-16-18-27-23-20-22(3)25(26)24(21-23)28-19-17-15-13-11-9-7-5-2/h20-21,26H,4-19H2,1-3H3. The predicted molar refractivity (Wildman–Crippen MR) is 130 cm³/mol. The summed E-state index contributed by atoms with van der Waals surface area (Å²) in [5.41, 5.74) is 1.02. The van der Waals surface area contributed by atoms with Crippen LogP contribution in [0.3, 0.4) is 0 Å². The van der Waals surface area contributed by atoms with Gasteiger partial charge in [0.05, 0.1) is 4.90 Å². The molecular formula is C25H44OS2. The Bertz CT molecular complexity index is 502. The van der Waals surface area contributed by atoms with E-state index in [1.165, 1.54) is 101 Å². The van der Waals surface area contributed by atoms with Crippen molar-refractivity contribution in [1.29, 1.82) is 0 Å². The summed E-state index contributed by atoms with van der Waals surface area (Å²) in [6, 6.07) is 4.36. The van der Waals surface area contributed by atoms with Crippen LogP contribution < -0.4 is 0 Å². The molecule has 1 nitrogen and oxygen atoms in total. The molecule has 0 unspecified atom stereocenters. The zero-order valence-corrected chi connectivity index (χ0v) is 20.4. The molecule has 0 atom stereocenters. The molecule has 0 bridgehead atoms. The second kappa shape index (κ2) is 17.6. The van der Waals surface area contributed by atoms with Crippen LogP contribution in [0.5, 0.6) is 5.75 Å². The van der Waals surface area contributed by atoms with Crippen molar-refractivity contribution in [2.45, 2.75) is 120 Å². The molecule has 0 amide bonds. The van der Waals surface area contributed by atoms with Crippen LogP contribution in [0.1, 0.15) is 109 Å². The molecule has 1 aromatic carbocycles. The first-order chi connectivity index (χ1) is 13.7. The minimum absolute atomic E-state index is 0.494. The molecule has 3 heteroatoms. The molecule has 162 valence electrons. The summed E-state index contributed by atoms with van der Waals surface area (Å²) < 4.78 is 0. The van der Waals surface area contributed by atoms with Gasteiger partial charge in [0.1, 0.15) is 5.75 Å². The average Bonchev–Trinajstić information content (AvgIpc) is 2.69. The number of rotatable bonds is 18. The van der Waals surface area contributed by atoms with E-state index < -0.39 is 0 Å². The van der Waals surface area contributed by atoms with Crippen LogP contribution in [0.4, 0.5) is 0 Å². The Balaban J connectivity index is 2.25.